The molecular formula is C20H19N3O4S. The summed E-state index contributed by atoms with van der Waals surface area (Å²) in [5.74, 6) is -0.900. The largest absolute Gasteiger partial charge is 0.455 e. The summed E-state index contributed by atoms with van der Waals surface area (Å²) >= 11 is 1.31. The summed E-state index contributed by atoms with van der Waals surface area (Å²) in [5, 5.41) is 14.0. The van der Waals surface area contributed by atoms with Crippen LogP contribution in [0, 0.1) is 11.3 Å². The van der Waals surface area contributed by atoms with E-state index in [0.29, 0.717) is 16.9 Å². The van der Waals surface area contributed by atoms with Gasteiger partial charge < -0.3 is 15.4 Å². The first-order valence-electron chi connectivity index (χ1n) is 8.38. The molecule has 0 saturated heterocycles. The molecule has 2 N–H and O–H groups in total. The zero-order valence-corrected chi connectivity index (χ0v) is 16.0. The molecule has 2 rings (SSSR count). The van der Waals surface area contributed by atoms with Crippen LogP contribution in [0.2, 0.25) is 0 Å². The van der Waals surface area contributed by atoms with Gasteiger partial charge >= 0.3 is 5.97 Å². The molecule has 0 saturated carbocycles. The van der Waals surface area contributed by atoms with Crippen molar-refractivity contribution < 1.29 is 19.1 Å². The standard InChI is InChI=1S/C20H19N3O4S/c1-14(24)22-16-8-6-15(7-9-16)12-20(26)27-13-19(25)23-17-4-2-3-5-18(17)28-11-10-21/h2-9H,11-13H2,1H3,(H,22,24)(H,23,25). The highest BCUT2D eigenvalue weighted by Crippen LogP contribution is 2.26. The number of nitriles is 1. The summed E-state index contributed by atoms with van der Waals surface area (Å²) in [5.41, 5.74) is 1.91. The lowest BCUT2D eigenvalue weighted by atomic mass is 10.1. The van der Waals surface area contributed by atoms with Crippen LogP contribution in [-0.2, 0) is 25.5 Å². The molecule has 0 aromatic heterocycles. The summed E-state index contributed by atoms with van der Waals surface area (Å²) in [7, 11) is 0. The van der Waals surface area contributed by atoms with E-state index in [0.717, 1.165) is 4.90 Å². The maximum Gasteiger partial charge on any atom is 0.310 e. The summed E-state index contributed by atoms with van der Waals surface area (Å²) < 4.78 is 5.02. The van der Waals surface area contributed by atoms with Crippen LogP contribution in [0.15, 0.2) is 53.4 Å². The first-order chi connectivity index (χ1) is 13.5. The van der Waals surface area contributed by atoms with Gasteiger partial charge in [0.15, 0.2) is 6.61 Å². The number of benzene rings is 2. The third-order valence-electron chi connectivity index (χ3n) is 3.44. The van der Waals surface area contributed by atoms with Gasteiger partial charge in [0.1, 0.15) is 0 Å². The molecule has 0 atom stereocenters. The Hall–Kier alpha value is -3.31. The fourth-order valence-electron chi connectivity index (χ4n) is 2.27. The SMILES string of the molecule is CC(=O)Nc1ccc(CC(=O)OCC(=O)Nc2ccccc2SCC#N)cc1. The zero-order chi connectivity index (χ0) is 20.4. The average Bonchev–Trinajstić information content (AvgIpc) is 2.67. The van der Waals surface area contributed by atoms with E-state index < -0.39 is 18.5 Å². The second-order valence-electron chi connectivity index (χ2n) is 5.71. The predicted octanol–water partition coefficient (Wildman–Crippen LogP) is 2.99. The number of amides is 2. The Morgan fingerprint density at radius 1 is 1.07 bits per heavy atom. The van der Waals surface area contributed by atoms with Gasteiger partial charge in [0.2, 0.25) is 5.91 Å². The van der Waals surface area contributed by atoms with E-state index in [1.165, 1.54) is 18.7 Å². The number of carbonyl (C=O) groups is 3. The van der Waals surface area contributed by atoms with Crippen molar-refractivity contribution in [2.24, 2.45) is 0 Å². The minimum atomic E-state index is -0.533. The van der Waals surface area contributed by atoms with Gasteiger partial charge in [-0.2, -0.15) is 5.26 Å². The summed E-state index contributed by atoms with van der Waals surface area (Å²) in [4.78, 5) is 35.7. The minimum absolute atomic E-state index is 0.0161. The van der Waals surface area contributed by atoms with Gasteiger partial charge in [-0.25, -0.2) is 0 Å². The molecule has 0 fully saturated rings. The second kappa shape index (κ2) is 10.7. The molecule has 144 valence electrons. The van der Waals surface area contributed by atoms with Gasteiger partial charge in [-0.15, -0.1) is 11.8 Å². The Labute approximate surface area is 167 Å². The summed E-state index contributed by atoms with van der Waals surface area (Å²) in [6.07, 6.45) is 0.0161. The van der Waals surface area contributed by atoms with E-state index >= 15 is 0 Å². The van der Waals surface area contributed by atoms with Crippen molar-refractivity contribution in [1.29, 1.82) is 5.26 Å². The molecule has 0 aliphatic carbocycles. The predicted molar refractivity (Wildman–Crippen MR) is 107 cm³/mol. The van der Waals surface area contributed by atoms with Crippen LogP contribution in [0.5, 0.6) is 0 Å². The number of para-hydroxylation sites is 1. The molecule has 2 aromatic rings. The van der Waals surface area contributed by atoms with E-state index in [9.17, 15) is 14.4 Å². The van der Waals surface area contributed by atoms with Crippen LogP contribution >= 0.6 is 11.8 Å². The van der Waals surface area contributed by atoms with E-state index in [4.69, 9.17) is 10.00 Å². The van der Waals surface area contributed by atoms with E-state index in [2.05, 4.69) is 10.6 Å². The lowest BCUT2D eigenvalue weighted by Crippen LogP contribution is -2.22. The van der Waals surface area contributed by atoms with E-state index in [1.807, 2.05) is 12.1 Å². The first kappa shape index (κ1) is 21.0. The lowest BCUT2D eigenvalue weighted by molar-refractivity contribution is -0.146. The van der Waals surface area contributed by atoms with Crippen molar-refractivity contribution in [1.82, 2.24) is 0 Å². The minimum Gasteiger partial charge on any atom is -0.455 e. The molecular weight excluding hydrogens is 378 g/mol. The smallest absolute Gasteiger partial charge is 0.310 e. The van der Waals surface area contributed by atoms with Gasteiger partial charge in [-0.05, 0) is 29.8 Å². The number of hydrogen-bond donors (Lipinski definition) is 2. The van der Waals surface area contributed by atoms with Crippen LogP contribution in [0.3, 0.4) is 0 Å². The van der Waals surface area contributed by atoms with Crippen molar-refractivity contribution >= 4 is 40.9 Å². The van der Waals surface area contributed by atoms with Crippen LogP contribution in [0.1, 0.15) is 12.5 Å². The summed E-state index contributed by atoms with van der Waals surface area (Å²) in [6, 6.07) is 15.9. The molecule has 0 radical (unpaired) electrons. The van der Waals surface area contributed by atoms with Gasteiger partial charge in [0, 0.05) is 17.5 Å². The van der Waals surface area contributed by atoms with Gasteiger partial charge in [0.25, 0.3) is 5.91 Å². The third kappa shape index (κ3) is 7.13. The fourth-order valence-corrected chi connectivity index (χ4v) is 2.93. The molecule has 0 aliphatic rings. The molecule has 0 aliphatic heterocycles. The molecule has 0 spiro atoms. The number of hydrogen-bond acceptors (Lipinski definition) is 6. The Balaban J connectivity index is 1.82. The van der Waals surface area contributed by atoms with Crippen molar-refractivity contribution in [3.8, 4) is 6.07 Å². The van der Waals surface area contributed by atoms with Crippen molar-refractivity contribution in [2.75, 3.05) is 23.0 Å². The zero-order valence-electron chi connectivity index (χ0n) is 15.2. The molecule has 8 heteroatoms. The van der Waals surface area contributed by atoms with Gasteiger partial charge in [-0.1, -0.05) is 24.3 Å². The Bertz CT molecular complexity index is 891. The number of esters is 1. The molecule has 0 heterocycles. The first-order valence-corrected chi connectivity index (χ1v) is 9.37. The molecule has 2 aromatic carbocycles. The number of nitrogens with one attached hydrogen (secondary N) is 2. The van der Waals surface area contributed by atoms with Crippen LogP contribution in [0.25, 0.3) is 0 Å². The number of anilines is 2. The number of rotatable bonds is 8. The highest BCUT2D eigenvalue weighted by atomic mass is 32.2. The highest BCUT2D eigenvalue weighted by molar-refractivity contribution is 7.99. The quantitative estimate of drug-likeness (QED) is 0.524. The Morgan fingerprint density at radius 2 is 1.79 bits per heavy atom. The van der Waals surface area contributed by atoms with Gasteiger partial charge in [-0.3, -0.25) is 14.4 Å². The fraction of sp³-hybridized carbons (Fsp3) is 0.200. The monoisotopic (exact) mass is 397 g/mol. The Morgan fingerprint density at radius 3 is 2.46 bits per heavy atom. The van der Waals surface area contributed by atoms with Crippen molar-refractivity contribution in [3.05, 3.63) is 54.1 Å². The lowest BCUT2D eigenvalue weighted by Gasteiger charge is -2.10. The average molecular weight is 397 g/mol. The Kier molecular flexibility index (Phi) is 8.06. The van der Waals surface area contributed by atoms with Crippen LogP contribution in [0.4, 0.5) is 11.4 Å². The number of thioether (sulfide) groups is 1. The topological polar surface area (TPSA) is 108 Å². The molecule has 0 unspecified atom stereocenters. The van der Waals surface area contributed by atoms with Crippen molar-refractivity contribution in [3.63, 3.8) is 0 Å². The molecule has 0 bridgehead atoms. The third-order valence-corrected chi connectivity index (χ3v) is 4.38. The maximum atomic E-state index is 12.0. The van der Waals surface area contributed by atoms with E-state index in [-0.39, 0.29) is 18.1 Å². The molecule has 7 nitrogen and oxygen atoms in total. The van der Waals surface area contributed by atoms with E-state index in [1.54, 1.807) is 42.5 Å². The summed E-state index contributed by atoms with van der Waals surface area (Å²) in [6.45, 7) is 1.01. The number of nitrogens with zero attached hydrogens (tertiary/aromatic N) is 1. The highest BCUT2D eigenvalue weighted by Gasteiger charge is 2.11. The normalized spacial score (nSPS) is 9.86. The van der Waals surface area contributed by atoms with Gasteiger partial charge in [0.05, 0.1) is 23.9 Å². The van der Waals surface area contributed by atoms with Crippen LogP contribution < -0.4 is 10.6 Å². The molecule has 28 heavy (non-hydrogen) atoms. The number of carbonyl (C=O) groups excluding carboxylic acids is 3. The maximum absolute atomic E-state index is 12.0. The number of ether oxygens (including phenoxy) is 1. The second-order valence-corrected chi connectivity index (χ2v) is 6.72. The molecule has 2 amide bonds. The van der Waals surface area contributed by atoms with Crippen LogP contribution in [-0.4, -0.2) is 30.1 Å². The van der Waals surface area contributed by atoms with Crippen molar-refractivity contribution in [2.45, 2.75) is 18.2 Å².